The van der Waals surface area contributed by atoms with Gasteiger partial charge < -0.3 is 15.0 Å². The second-order valence-corrected chi connectivity index (χ2v) is 8.00. The number of rotatable bonds is 6. The van der Waals surface area contributed by atoms with Gasteiger partial charge in [-0.3, -0.25) is 9.59 Å². The van der Waals surface area contributed by atoms with Gasteiger partial charge in [0.05, 0.1) is 0 Å². The molecule has 0 spiro atoms. The number of halogens is 1. The Morgan fingerprint density at radius 3 is 2.53 bits per heavy atom. The SMILES string of the molecule is O=C(COc1cccc2c1CCN(Cc1ccc(Br)cc1)C2=O)Nc1ccccc1. The van der Waals surface area contributed by atoms with E-state index in [0.29, 0.717) is 30.8 Å². The number of carbonyl (C=O) groups is 2. The van der Waals surface area contributed by atoms with Crippen molar-refractivity contribution in [3.8, 4) is 5.75 Å². The molecule has 3 aromatic carbocycles. The summed E-state index contributed by atoms with van der Waals surface area (Å²) in [5, 5.41) is 2.80. The van der Waals surface area contributed by atoms with E-state index in [1.807, 2.05) is 71.6 Å². The molecule has 0 aromatic heterocycles. The number of para-hydroxylation sites is 1. The van der Waals surface area contributed by atoms with E-state index in [9.17, 15) is 9.59 Å². The summed E-state index contributed by atoms with van der Waals surface area (Å²) in [6, 6.07) is 22.6. The minimum Gasteiger partial charge on any atom is -0.483 e. The fourth-order valence-corrected chi connectivity index (χ4v) is 3.77. The van der Waals surface area contributed by atoms with Crippen LogP contribution in [-0.2, 0) is 17.8 Å². The van der Waals surface area contributed by atoms with Crippen molar-refractivity contribution >= 4 is 33.4 Å². The van der Waals surface area contributed by atoms with Crippen LogP contribution in [-0.4, -0.2) is 29.9 Å². The maximum atomic E-state index is 13.0. The number of nitrogens with one attached hydrogen (secondary N) is 1. The molecule has 30 heavy (non-hydrogen) atoms. The lowest BCUT2D eigenvalue weighted by atomic mass is 9.97. The number of ether oxygens (including phenoxy) is 1. The summed E-state index contributed by atoms with van der Waals surface area (Å²) in [6.45, 7) is 1.07. The summed E-state index contributed by atoms with van der Waals surface area (Å²) in [7, 11) is 0. The minimum absolute atomic E-state index is 0.0154. The molecule has 1 aliphatic rings. The average molecular weight is 465 g/mol. The molecule has 0 fully saturated rings. The van der Waals surface area contributed by atoms with Gasteiger partial charge in [-0.15, -0.1) is 0 Å². The molecule has 0 bridgehead atoms. The van der Waals surface area contributed by atoms with Crippen molar-refractivity contribution in [2.75, 3.05) is 18.5 Å². The van der Waals surface area contributed by atoms with Crippen molar-refractivity contribution in [2.45, 2.75) is 13.0 Å². The van der Waals surface area contributed by atoms with Gasteiger partial charge in [0.15, 0.2) is 6.61 Å². The average Bonchev–Trinajstić information content (AvgIpc) is 2.76. The second kappa shape index (κ2) is 9.13. The standard InChI is InChI=1S/C24H21BrN2O3/c25-18-11-9-17(10-12-18)15-27-14-13-20-21(24(27)29)7-4-8-22(20)30-16-23(28)26-19-5-2-1-3-6-19/h1-12H,13-16H2,(H,26,28). The highest BCUT2D eigenvalue weighted by atomic mass is 79.9. The zero-order chi connectivity index (χ0) is 20.9. The molecule has 0 radical (unpaired) electrons. The summed E-state index contributed by atoms with van der Waals surface area (Å²) in [5.74, 6) is 0.337. The molecule has 0 unspecified atom stereocenters. The highest BCUT2D eigenvalue weighted by Crippen LogP contribution is 2.29. The summed E-state index contributed by atoms with van der Waals surface area (Å²) >= 11 is 3.43. The minimum atomic E-state index is -0.238. The first-order chi connectivity index (χ1) is 14.6. The Labute approximate surface area is 183 Å². The molecule has 1 heterocycles. The fourth-order valence-electron chi connectivity index (χ4n) is 3.50. The monoisotopic (exact) mass is 464 g/mol. The van der Waals surface area contributed by atoms with Gasteiger partial charge in [0.25, 0.3) is 11.8 Å². The first-order valence-corrected chi connectivity index (χ1v) is 10.5. The van der Waals surface area contributed by atoms with Gasteiger partial charge in [-0.05, 0) is 48.4 Å². The zero-order valence-corrected chi connectivity index (χ0v) is 17.9. The van der Waals surface area contributed by atoms with Crippen molar-refractivity contribution in [3.05, 3.63) is 94.0 Å². The van der Waals surface area contributed by atoms with Crippen molar-refractivity contribution in [2.24, 2.45) is 0 Å². The highest BCUT2D eigenvalue weighted by molar-refractivity contribution is 9.10. The highest BCUT2D eigenvalue weighted by Gasteiger charge is 2.26. The van der Waals surface area contributed by atoms with E-state index in [4.69, 9.17) is 4.74 Å². The number of benzene rings is 3. The first kappa shape index (κ1) is 20.2. The molecule has 6 heteroatoms. The number of hydrogen-bond acceptors (Lipinski definition) is 3. The van der Waals surface area contributed by atoms with Crippen LogP contribution >= 0.6 is 15.9 Å². The number of hydrogen-bond donors (Lipinski definition) is 1. The molecule has 0 saturated heterocycles. The van der Waals surface area contributed by atoms with Crippen LogP contribution < -0.4 is 10.1 Å². The molecular formula is C24H21BrN2O3. The van der Waals surface area contributed by atoms with Crippen LogP contribution in [0.2, 0.25) is 0 Å². The molecule has 0 atom stereocenters. The zero-order valence-electron chi connectivity index (χ0n) is 16.3. The van der Waals surface area contributed by atoms with Crippen LogP contribution in [0.4, 0.5) is 5.69 Å². The third kappa shape index (κ3) is 4.71. The van der Waals surface area contributed by atoms with Crippen molar-refractivity contribution in [1.82, 2.24) is 4.90 Å². The Bertz CT molecular complexity index is 1050. The van der Waals surface area contributed by atoms with E-state index in [1.165, 1.54) is 0 Å². The summed E-state index contributed by atoms with van der Waals surface area (Å²) in [5.41, 5.74) is 3.31. The number of amides is 2. The smallest absolute Gasteiger partial charge is 0.262 e. The van der Waals surface area contributed by atoms with Crippen LogP contribution in [0.1, 0.15) is 21.5 Å². The molecule has 3 aromatic rings. The summed E-state index contributed by atoms with van der Waals surface area (Å²) in [6.07, 6.45) is 0.689. The van der Waals surface area contributed by atoms with Crippen LogP contribution in [0.3, 0.4) is 0 Å². The molecular weight excluding hydrogens is 444 g/mol. The Balaban J connectivity index is 1.42. The predicted molar refractivity (Wildman–Crippen MR) is 120 cm³/mol. The maximum absolute atomic E-state index is 13.0. The lowest BCUT2D eigenvalue weighted by molar-refractivity contribution is -0.118. The van der Waals surface area contributed by atoms with Crippen molar-refractivity contribution in [3.63, 3.8) is 0 Å². The van der Waals surface area contributed by atoms with Gasteiger partial charge in [0.2, 0.25) is 0 Å². The Hall–Kier alpha value is -3.12. The Morgan fingerprint density at radius 1 is 1.00 bits per heavy atom. The molecule has 5 nitrogen and oxygen atoms in total. The molecule has 0 saturated carbocycles. The van der Waals surface area contributed by atoms with Gasteiger partial charge in [-0.25, -0.2) is 0 Å². The van der Waals surface area contributed by atoms with Crippen LogP contribution in [0.15, 0.2) is 77.3 Å². The lowest BCUT2D eigenvalue weighted by Crippen LogP contribution is -2.37. The quantitative estimate of drug-likeness (QED) is 0.576. The topological polar surface area (TPSA) is 58.6 Å². The fraction of sp³-hybridized carbons (Fsp3) is 0.167. The van der Waals surface area contributed by atoms with Gasteiger partial charge >= 0.3 is 0 Å². The van der Waals surface area contributed by atoms with E-state index in [0.717, 1.165) is 21.3 Å². The second-order valence-electron chi connectivity index (χ2n) is 7.09. The van der Waals surface area contributed by atoms with E-state index >= 15 is 0 Å². The molecule has 4 rings (SSSR count). The van der Waals surface area contributed by atoms with E-state index in [2.05, 4.69) is 21.2 Å². The van der Waals surface area contributed by atoms with Crippen LogP contribution in [0, 0.1) is 0 Å². The third-order valence-electron chi connectivity index (χ3n) is 4.99. The maximum Gasteiger partial charge on any atom is 0.262 e. The van der Waals surface area contributed by atoms with Crippen molar-refractivity contribution < 1.29 is 14.3 Å². The van der Waals surface area contributed by atoms with Crippen molar-refractivity contribution in [1.29, 1.82) is 0 Å². The number of nitrogens with zero attached hydrogens (tertiary/aromatic N) is 1. The molecule has 152 valence electrons. The normalized spacial score (nSPS) is 13.0. The Morgan fingerprint density at radius 2 is 1.77 bits per heavy atom. The van der Waals surface area contributed by atoms with Gasteiger partial charge in [-0.1, -0.05) is 52.3 Å². The number of anilines is 1. The lowest BCUT2D eigenvalue weighted by Gasteiger charge is -2.29. The Kier molecular flexibility index (Phi) is 6.14. The first-order valence-electron chi connectivity index (χ1n) is 9.73. The predicted octanol–water partition coefficient (Wildman–Crippen LogP) is 4.67. The van der Waals surface area contributed by atoms with E-state index in [1.54, 1.807) is 6.07 Å². The largest absolute Gasteiger partial charge is 0.483 e. The number of carbonyl (C=O) groups excluding carboxylic acids is 2. The van der Waals surface area contributed by atoms with Crippen LogP contribution in [0.25, 0.3) is 0 Å². The van der Waals surface area contributed by atoms with E-state index in [-0.39, 0.29) is 18.4 Å². The summed E-state index contributed by atoms with van der Waals surface area (Å²) < 4.78 is 6.78. The van der Waals surface area contributed by atoms with Crippen LogP contribution in [0.5, 0.6) is 5.75 Å². The summed E-state index contributed by atoms with van der Waals surface area (Å²) in [4.78, 5) is 27.0. The third-order valence-corrected chi connectivity index (χ3v) is 5.51. The van der Waals surface area contributed by atoms with E-state index < -0.39 is 0 Å². The number of fused-ring (bicyclic) bond motifs is 1. The molecule has 1 N–H and O–H groups in total. The molecule has 1 aliphatic heterocycles. The van der Waals surface area contributed by atoms with Gasteiger partial charge in [-0.2, -0.15) is 0 Å². The van der Waals surface area contributed by atoms with Gasteiger partial charge in [0.1, 0.15) is 5.75 Å². The molecule has 2 amide bonds. The van der Waals surface area contributed by atoms with Gasteiger partial charge in [0, 0.05) is 34.4 Å². The molecule has 0 aliphatic carbocycles.